The quantitative estimate of drug-likeness (QED) is 0.346. The van der Waals surface area contributed by atoms with Gasteiger partial charge in [-0.05, 0) is 37.5 Å². The Bertz CT molecular complexity index is 857. The van der Waals surface area contributed by atoms with E-state index in [1.54, 1.807) is 0 Å². The fourth-order valence-electron chi connectivity index (χ4n) is 3.80. The Labute approximate surface area is 195 Å². The summed E-state index contributed by atoms with van der Waals surface area (Å²) < 4.78 is 17.5. The van der Waals surface area contributed by atoms with Crippen molar-refractivity contribution >= 4 is 35.6 Å². The number of nitrogens with zero attached hydrogens (tertiary/aromatic N) is 1. The highest BCUT2D eigenvalue weighted by Gasteiger charge is 2.27. The molecule has 4 rings (SSSR count). The topological polar surface area (TPSA) is 78.1 Å². The van der Waals surface area contributed by atoms with Crippen LogP contribution < -0.4 is 20.5 Å². The average Bonchev–Trinajstić information content (AvgIpc) is 2.98. The first-order valence-corrected chi connectivity index (χ1v) is 10.3. The van der Waals surface area contributed by atoms with Gasteiger partial charge in [0, 0.05) is 37.2 Å². The third-order valence-corrected chi connectivity index (χ3v) is 5.37. The van der Waals surface area contributed by atoms with Crippen molar-refractivity contribution in [3.8, 4) is 11.5 Å². The molecule has 7 heteroatoms. The van der Waals surface area contributed by atoms with E-state index in [0.717, 1.165) is 43.1 Å². The molecule has 2 aliphatic heterocycles. The lowest BCUT2D eigenvalue weighted by atomic mass is 9.89. The van der Waals surface area contributed by atoms with Gasteiger partial charge in [0.1, 0.15) is 0 Å². The van der Waals surface area contributed by atoms with E-state index in [2.05, 4.69) is 41.5 Å². The molecule has 0 spiro atoms. The van der Waals surface area contributed by atoms with E-state index in [-0.39, 0.29) is 30.1 Å². The van der Waals surface area contributed by atoms with Crippen LogP contribution in [0, 0.1) is 12.8 Å². The summed E-state index contributed by atoms with van der Waals surface area (Å²) in [5.74, 6) is 2.22. The highest BCUT2D eigenvalue weighted by molar-refractivity contribution is 14.0. The number of hydrogen-bond acceptors (Lipinski definition) is 4. The van der Waals surface area contributed by atoms with Crippen molar-refractivity contribution < 1.29 is 14.2 Å². The normalized spacial score (nSPS) is 21.3. The van der Waals surface area contributed by atoms with Gasteiger partial charge in [0.15, 0.2) is 17.5 Å². The fourth-order valence-corrected chi connectivity index (χ4v) is 3.80. The van der Waals surface area contributed by atoms with Gasteiger partial charge in [-0.25, -0.2) is 0 Å². The third-order valence-electron chi connectivity index (χ3n) is 5.37. The first kappa shape index (κ1) is 22.7. The number of halogens is 1. The van der Waals surface area contributed by atoms with Crippen LogP contribution in [-0.4, -0.2) is 32.3 Å². The van der Waals surface area contributed by atoms with Gasteiger partial charge in [-0.2, -0.15) is 0 Å². The Hall–Kier alpha value is -2.00. The van der Waals surface area contributed by atoms with Gasteiger partial charge in [-0.1, -0.05) is 29.8 Å². The molecule has 3 N–H and O–H groups in total. The molecule has 0 aliphatic carbocycles. The number of aliphatic imine (C=N–C) groups is 1. The van der Waals surface area contributed by atoms with E-state index in [4.69, 9.17) is 19.9 Å². The zero-order chi connectivity index (χ0) is 20.1. The Kier molecular flexibility index (Phi) is 8.21. The maximum atomic E-state index is 6.16. The van der Waals surface area contributed by atoms with Crippen LogP contribution in [0.4, 0.5) is 5.69 Å². The maximum absolute atomic E-state index is 6.16. The third kappa shape index (κ3) is 5.78. The van der Waals surface area contributed by atoms with E-state index in [1.807, 2.05) is 18.2 Å². The lowest BCUT2D eigenvalue weighted by Crippen LogP contribution is -2.28. The smallest absolute Gasteiger partial charge is 0.193 e. The lowest BCUT2D eigenvalue weighted by molar-refractivity contribution is -0.0250. The van der Waals surface area contributed by atoms with Crippen LogP contribution in [0.5, 0.6) is 11.5 Å². The highest BCUT2D eigenvalue weighted by Crippen LogP contribution is 2.34. The molecule has 6 nitrogen and oxygen atoms in total. The lowest BCUT2D eigenvalue weighted by Gasteiger charge is -2.31. The molecule has 1 fully saturated rings. The summed E-state index contributed by atoms with van der Waals surface area (Å²) in [6.07, 6.45) is 3.09. The van der Waals surface area contributed by atoms with Crippen molar-refractivity contribution in [3.05, 3.63) is 53.6 Å². The number of ether oxygens (including phenoxy) is 3. The Morgan fingerprint density at radius 3 is 2.60 bits per heavy atom. The van der Waals surface area contributed by atoms with Gasteiger partial charge >= 0.3 is 0 Å². The first-order valence-electron chi connectivity index (χ1n) is 10.3. The molecular weight excluding hydrogens is 493 g/mol. The molecule has 2 aromatic carbocycles. The minimum atomic E-state index is 0. The second-order valence-electron chi connectivity index (χ2n) is 7.67. The van der Waals surface area contributed by atoms with E-state index >= 15 is 0 Å². The number of anilines is 1. The van der Waals surface area contributed by atoms with Crippen molar-refractivity contribution in [2.45, 2.75) is 32.3 Å². The number of fused-ring (bicyclic) bond motifs is 1. The zero-order valence-electron chi connectivity index (χ0n) is 17.3. The van der Waals surface area contributed by atoms with Crippen molar-refractivity contribution in [1.82, 2.24) is 0 Å². The molecule has 162 valence electrons. The molecule has 0 radical (unpaired) electrons. The molecule has 2 unspecified atom stereocenters. The SMILES string of the molecule is Cc1ccc(C2OCCCC2CN=C(N)Nc2ccc3c(c2)OCCCO3)cc1.I. The molecule has 0 bridgehead atoms. The molecule has 2 aromatic rings. The average molecular weight is 523 g/mol. The molecule has 0 saturated carbocycles. The zero-order valence-corrected chi connectivity index (χ0v) is 19.6. The molecule has 1 saturated heterocycles. The summed E-state index contributed by atoms with van der Waals surface area (Å²) in [5.41, 5.74) is 9.46. The van der Waals surface area contributed by atoms with Crippen LogP contribution >= 0.6 is 24.0 Å². The van der Waals surface area contributed by atoms with Crippen LogP contribution in [0.15, 0.2) is 47.5 Å². The van der Waals surface area contributed by atoms with Gasteiger partial charge in [-0.3, -0.25) is 4.99 Å². The number of hydrogen-bond donors (Lipinski definition) is 2. The second-order valence-corrected chi connectivity index (χ2v) is 7.67. The monoisotopic (exact) mass is 523 g/mol. The number of benzene rings is 2. The van der Waals surface area contributed by atoms with E-state index in [9.17, 15) is 0 Å². The Balaban J connectivity index is 0.00000256. The summed E-state index contributed by atoms with van der Waals surface area (Å²) in [7, 11) is 0. The largest absolute Gasteiger partial charge is 0.490 e. The van der Waals surface area contributed by atoms with Crippen molar-refractivity contribution in [1.29, 1.82) is 0 Å². The minimum absolute atomic E-state index is 0. The molecule has 2 heterocycles. The predicted octanol–water partition coefficient (Wildman–Crippen LogP) is 4.67. The van der Waals surface area contributed by atoms with Crippen molar-refractivity contribution in [3.63, 3.8) is 0 Å². The molecule has 0 aromatic heterocycles. The summed E-state index contributed by atoms with van der Waals surface area (Å²) in [6, 6.07) is 14.3. The molecule has 0 amide bonds. The second kappa shape index (κ2) is 10.9. The van der Waals surface area contributed by atoms with Crippen LogP contribution in [0.3, 0.4) is 0 Å². The summed E-state index contributed by atoms with van der Waals surface area (Å²) >= 11 is 0. The van der Waals surface area contributed by atoms with Crippen LogP contribution in [0.2, 0.25) is 0 Å². The van der Waals surface area contributed by atoms with Crippen LogP contribution in [0.1, 0.15) is 36.5 Å². The summed E-state index contributed by atoms with van der Waals surface area (Å²) in [5, 5.41) is 3.17. The molecule has 2 aliphatic rings. The number of guanidine groups is 1. The summed E-state index contributed by atoms with van der Waals surface area (Å²) in [6.45, 7) is 4.85. The Morgan fingerprint density at radius 1 is 1.03 bits per heavy atom. The molecule has 2 atom stereocenters. The Morgan fingerprint density at radius 2 is 1.80 bits per heavy atom. The molecular formula is C23H30IN3O3. The molecule has 30 heavy (non-hydrogen) atoms. The highest BCUT2D eigenvalue weighted by atomic mass is 127. The van der Waals surface area contributed by atoms with Gasteiger partial charge in [-0.15, -0.1) is 24.0 Å². The number of rotatable bonds is 4. The van der Waals surface area contributed by atoms with E-state index in [1.165, 1.54) is 11.1 Å². The standard InChI is InChI=1S/C23H29N3O3.HI/c1-16-5-7-17(8-6-16)22-18(4-2-11-29-22)15-25-23(24)26-19-9-10-20-21(14-19)28-13-3-12-27-20;/h5-10,14,18,22H,2-4,11-13,15H2,1H3,(H3,24,25,26);1H. The van der Waals surface area contributed by atoms with Crippen LogP contribution in [-0.2, 0) is 4.74 Å². The predicted molar refractivity (Wildman–Crippen MR) is 130 cm³/mol. The van der Waals surface area contributed by atoms with Gasteiger partial charge in [0.2, 0.25) is 0 Å². The van der Waals surface area contributed by atoms with Gasteiger partial charge in [0.25, 0.3) is 0 Å². The van der Waals surface area contributed by atoms with E-state index < -0.39 is 0 Å². The van der Waals surface area contributed by atoms with Crippen molar-refractivity contribution in [2.24, 2.45) is 16.6 Å². The fraction of sp³-hybridized carbons (Fsp3) is 0.435. The minimum Gasteiger partial charge on any atom is -0.490 e. The van der Waals surface area contributed by atoms with E-state index in [0.29, 0.717) is 31.6 Å². The maximum Gasteiger partial charge on any atom is 0.193 e. The first-order chi connectivity index (χ1) is 14.2. The number of aryl methyl sites for hydroxylation is 1. The summed E-state index contributed by atoms with van der Waals surface area (Å²) in [4.78, 5) is 4.60. The van der Waals surface area contributed by atoms with Gasteiger partial charge in [0.05, 0.1) is 19.3 Å². The van der Waals surface area contributed by atoms with Gasteiger partial charge < -0.3 is 25.3 Å². The van der Waals surface area contributed by atoms with Crippen molar-refractivity contribution in [2.75, 3.05) is 31.7 Å². The number of nitrogens with one attached hydrogen (secondary N) is 1. The number of nitrogens with two attached hydrogens (primary N) is 1. The van der Waals surface area contributed by atoms with Crippen LogP contribution in [0.25, 0.3) is 0 Å².